The van der Waals surface area contributed by atoms with Gasteiger partial charge in [-0.15, -0.1) is 0 Å². The molecule has 0 saturated carbocycles. The third-order valence-corrected chi connectivity index (χ3v) is 9.63. The lowest BCUT2D eigenvalue weighted by Crippen LogP contribution is -2.15. The van der Waals surface area contributed by atoms with E-state index in [0.29, 0.717) is 145 Å². The van der Waals surface area contributed by atoms with E-state index in [1.807, 2.05) is 0 Å². The maximum absolute atomic E-state index is 5.70. The maximum atomic E-state index is 5.70. The van der Waals surface area contributed by atoms with E-state index in [1.54, 1.807) is 0 Å². The molecule has 0 N–H and O–H groups in total. The second-order valence-electron chi connectivity index (χ2n) is 15.1. The summed E-state index contributed by atoms with van der Waals surface area (Å²) < 4.78 is 66.6. The van der Waals surface area contributed by atoms with E-state index < -0.39 is 0 Å². The van der Waals surface area contributed by atoms with Crippen LogP contribution in [0.2, 0.25) is 0 Å². The van der Waals surface area contributed by atoms with Crippen LogP contribution < -0.4 is 0 Å². The standard InChI is InChI=1S/C47H96O12/c1-3-5-7-9-10-11-12-13-14-15-16-17-18-19-21-23-25-49-27-29-51-31-33-53-35-37-55-39-41-57-43-45-59-47-46-58-44-42-56-40-38-54-36-34-52-32-30-50-28-26-48-24-22-20-8-6-4-2/h3-47H2,1-2H3. The molecule has 0 amide bonds. The van der Waals surface area contributed by atoms with E-state index >= 15 is 0 Å². The Morgan fingerprint density at radius 2 is 0.254 bits per heavy atom. The lowest BCUT2D eigenvalue weighted by atomic mass is 10.0. The van der Waals surface area contributed by atoms with Gasteiger partial charge in [-0.3, -0.25) is 0 Å². The van der Waals surface area contributed by atoms with Gasteiger partial charge in [0.2, 0.25) is 0 Å². The molecule has 0 radical (unpaired) electrons. The van der Waals surface area contributed by atoms with E-state index in [-0.39, 0.29) is 0 Å². The zero-order chi connectivity index (χ0) is 42.3. The predicted octanol–water partition coefficient (Wildman–Crippen LogP) is 9.42. The molecule has 0 unspecified atom stereocenters. The third kappa shape index (κ3) is 57.5. The first-order valence-electron chi connectivity index (χ1n) is 24.3. The second kappa shape index (κ2) is 57.5. The largest absolute Gasteiger partial charge is 0.379 e. The Balaban J connectivity index is 3.06. The Hall–Kier alpha value is -0.480. The van der Waals surface area contributed by atoms with E-state index in [4.69, 9.17) is 56.8 Å². The molecule has 0 spiro atoms. The van der Waals surface area contributed by atoms with Crippen LogP contribution in [0.15, 0.2) is 0 Å². The van der Waals surface area contributed by atoms with Crippen molar-refractivity contribution >= 4 is 0 Å². The van der Waals surface area contributed by atoms with Crippen LogP contribution in [0, 0.1) is 0 Å². The summed E-state index contributed by atoms with van der Waals surface area (Å²) in [5.41, 5.74) is 0. The highest BCUT2D eigenvalue weighted by Crippen LogP contribution is 2.13. The summed E-state index contributed by atoms with van der Waals surface area (Å²) in [7, 11) is 0. The molecule has 59 heavy (non-hydrogen) atoms. The Morgan fingerprint density at radius 3 is 0.407 bits per heavy atom. The van der Waals surface area contributed by atoms with Crippen molar-refractivity contribution in [2.45, 2.75) is 149 Å². The van der Waals surface area contributed by atoms with Gasteiger partial charge in [0.1, 0.15) is 0 Å². The fourth-order valence-electron chi connectivity index (χ4n) is 6.08. The van der Waals surface area contributed by atoms with Crippen molar-refractivity contribution in [3.05, 3.63) is 0 Å². The smallest absolute Gasteiger partial charge is 0.0701 e. The highest BCUT2D eigenvalue weighted by atomic mass is 16.6. The average molecular weight is 853 g/mol. The molecule has 356 valence electrons. The van der Waals surface area contributed by atoms with Gasteiger partial charge in [0.15, 0.2) is 0 Å². The van der Waals surface area contributed by atoms with Crippen molar-refractivity contribution < 1.29 is 56.8 Å². The normalized spacial score (nSPS) is 11.7. The molecule has 0 atom stereocenters. The molecule has 0 aromatic carbocycles. The summed E-state index contributed by atoms with van der Waals surface area (Å²) >= 11 is 0. The molecule has 0 bridgehead atoms. The monoisotopic (exact) mass is 853 g/mol. The van der Waals surface area contributed by atoms with Crippen LogP contribution in [-0.4, -0.2) is 159 Å². The first kappa shape index (κ1) is 58.5. The van der Waals surface area contributed by atoms with Crippen molar-refractivity contribution in [3.8, 4) is 0 Å². The Labute approximate surface area is 363 Å². The van der Waals surface area contributed by atoms with Gasteiger partial charge in [0.25, 0.3) is 0 Å². The molecule has 0 aromatic heterocycles. The topological polar surface area (TPSA) is 111 Å². The fraction of sp³-hybridized carbons (Fsp3) is 1.00. The summed E-state index contributed by atoms with van der Waals surface area (Å²) in [5, 5.41) is 0. The van der Waals surface area contributed by atoms with Crippen molar-refractivity contribution in [2.24, 2.45) is 0 Å². The summed E-state index contributed by atoms with van der Waals surface area (Å²) in [6.45, 7) is 18.4. The highest BCUT2D eigenvalue weighted by molar-refractivity contribution is 4.50. The Bertz CT molecular complexity index is 652. The van der Waals surface area contributed by atoms with Gasteiger partial charge >= 0.3 is 0 Å². The van der Waals surface area contributed by atoms with Gasteiger partial charge in [-0.2, -0.15) is 0 Å². The molecule has 0 fully saturated rings. The van der Waals surface area contributed by atoms with Crippen LogP contribution in [0.3, 0.4) is 0 Å². The van der Waals surface area contributed by atoms with Crippen LogP contribution >= 0.6 is 0 Å². The van der Waals surface area contributed by atoms with E-state index in [9.17, 15) is 0 Å². The number of hydrogen-bond acceptors (Lipinski definition) is 12. The van der Waals surface area contributed by atoms with Crippen LogP contribution in [0.5, 0.6) is 0 Å². The number of rotatable bonds is 56. The lowest BCUT2D eigenvalue weighted by Gasteiger charge is -2.09. The third-order valence-electron chi connectivity index (χ3n) is 9.63. The molecule has 0 aliphatic heterocycles. The minimum absolute atomic E-state index is 0.522. The summed E-state index contributed by atoms with van der Waals surface area (Å²) in [6, 6.07) is 0. The zero-order valence-electron chi connectivity index (χ0n) is 38.7. The molecule has 0 aliphatic carbocycles. The number of ether oxygens (including phenoxy) is 12. The minimum Gasteiger partial charge on any atom is -0.379 e. The number of hydrogen-bond donors (Lipinski definition) is 0. The molecule has 0 aromatic rings. The van der Waals surface area contributed by atoms with Gasteiger partial charge in [0.05, 0.1) is 145 Å². The Morgan fingerprint density at radius 1 is 0.136 bits per heavy atom. The van der Waals surface area contributed by atoms with Gasteiger partial charge < -0.3 is 56.8 Å². The summed E-state index contributed by atoms with van der Waals surface area (Å²) in [5.74, 6) is 0. The zero-order valence-corrected chi connectivity index (χ0v) is 38.7. The van der Waals surface area contributed by atoms with Gasteiger partial charge in [-0.05, 0) is 12.8 Å². The van der Waals surface area contributed by atoms with Crippen LogP contribution in [0.1, 0.15) is 149 Å². The molecule has 0 rings (SSSR count). The predicted molar refractivity (Wildman–Crippen MR) is 238 cm³/mol. The molecule has 0 heterocycles. The first-order valence-corrected chi connectivity index (χ1v) is 24.3. The molecule has 0 saturated heterocycles. The second-order valence-corrected chi connectivity index (χ2v) is 15.1. The first-order chi connectivity index (χ1) is 29.4. The fourth-order valence-corrected chi connectivity index (χ4v) is 6.08. The van der Waals surface area contributed by atoms with E-state index in [0.717, 1.165) is 26.1 Å². The van der Waals surface area contributed by atoms with Crippen molar-refractivity contribution in [1.29, 1.82) is 0 Å². The SMILES string of the molecule is CCCCCCCCCCCCCCCCCCOCCOCCOCCOCCOCCOCCOCCOCCOCCOCCOCCOCCCCCCC. The van der Waals surface area contributed by atoms with Gasteiger partial charge in [-0.1, -0.05) is 136 Å². The lowest BCUT2D eigenvalue weighted by molar-refractivity contribution is -0.0284. The number of unbranched alkanes of at least 4 members (excludes halogenated alkanes) is 19. The van der Waals surface area contributed by atoms with Crippen molar-refractivity contribution in [2.75, 3.05) is 159 Å². The maximum Gasteiger partial charge on any atom is 0.0701 e. The molecule has 12 nitrogen and oxygen atoms in total. The minimum atomic E-state index is 0.522. The molecular formula is C47H96O12. The quantitative estimate of drug-likeness (QED) is 0.0544. The summed E-state index contributed by atoms with van der Waals surface area (Å²) in [4.78, 5) is 0. The van der Waals surface area contributed by atoms with E-state index in [2.05, 4.69) is 13.8 Å². The molecule has 12 heteroatoms. The van der Waals surface area contributed by atoms with Crippen molar-refractivity contribution in [1.82, 2.24) is 0 Å². The van der Waals surface area contributed by atoms with Crippen LogP contribution in [0.4, 0.5) is 0 Å². The van der Waals surface area contributed by atoms with Gasteiger partial charge in [-0.25, -0.2) is 0 Å². The van der Waals surface area contributed by atoms with Crippen molar-refractivity contribution in [3.63, 3.8) is 0 Å². The van der Waals surface area contributed by atoms with E-state index in [1.165, 1.54) is 122 Å². The van der Waals surface area contributed by atoms with Crippen LogP contribution in [-0.2, 0) is 56.8 Å². The molecular weight excluding hydrogens is 757 g/mol. The molecule has 0 aliphatic rings. The van der Waals surface area contributed by atoms with Gasteiger partial charge in [0, 0.05) is 13.2 Å². The Kier molecular flexibility index (Phi) is 57.1. The highest BCUT2D eigenvalue weighted by Gasteiger charge is 1.99. The summed E-state index contributed by atoms with van der Waals surface area (Å²) in [6.07, 6.45) is 28.5. The van der Waals surface area contributed by atoms with Crippen LogP contribution in [0.25, 0.3) is 0 Å². The average Bonchev–Trinajstić information content (AvgIpc) is 3.25.